The molecule has 0 saturated carbocycles. The van der Waals surface area contributed by atoms with Crippen molar-refractivity contribution in [3.05, 3.63) is 16.9 Å². The van der Waals surface area contributed by atoms with E-state index in [4.69, 9.17) is 11.6 Å². The highest BCUT2D eigenvalue weighted by molar-refractivity contribution is 6.29. The SMILES string of the molecule is Cc1cc(Cl)nc(NC(=O)C2CCNCC2)n1. The van der Waals surface area contributed by atoms with Gasteiger partial charge in [0.25, 0.3) is 0 Å². The van der Waals surface area contributed by atoms with E-state index < -0.39 is 0 Å². The molecule has 0 spiro atoms. The normalized spacial score (nSPS) is 16.8. The summed E-state index contributed by atoms with van der Waals surface area (Å²) in [6.07, 6.45) is 1.71. The van der Waals surface area contributed by atoms with E-state index in [0.717, 1.165) is 31.6 Å². The quantitative estimate of drug-likeness (QED) is 0.783. The summed E-state index contributed by atoms with van der Waals surface area (Å²) >= 11 is 5.81. The molecule has 1 aliphatic heterocycles. The number of rotatable bonds is 2. The van der Waals surface area contributed by atoms with Crippen molar-refractivity contribution >= 4 is 23.5 Å². The van der Waals surface area contributed by atoms with Crippen LogP contribution in [0.5, 0.6) is 0 Å². The number of halogens is 1. The lowest BCUT2D eigenvalue weighted by Crippen LogP contribution is -2.35. The molecular weight excluding hydrogens is 240 g/mol. The van der Waals surface area contributed by atoms with E-state index in [1.165, 1.54) is 0 Å². The van der Waals surface area contributed by atoms with Crippen LogP contribution in [-0.4, -0.2) is 29.0 Å². The van der Waals surface area contributed by atoms with Crippen LogP contribution in [0.15, 0.2) is 6.07 Å². The smallest absolute Gasteiger partial charge is 0.231 e. The molecule has 0 aliphatic carbocycles. The summed E-state index contributed by atoms with van der Waals surface area (Å²) in [5.74, 6) is 0.311. The number of hydrogen-bond donors (Lipinski definition) is 2. The predicted molar refractivity (Wildman–Crippen MR) is 66.0 cm³/mol. The number of anilines is 1. The Morgan fingerprint density at radius 3 is 2.82 bits per heavy atom. The van der Waals surface area contributed by atoms with E-state index in [1.54, 1.807) is 6.07 Å². The molecule has 1 fully saturated rings. The van der Waals surface area contributed by atoms with Crippen molar-refractivity contribution < 1.29 is 4.79 Å². The first-order valence-electron chi connectivity index (χ1n) is 5.68. The maximum absolute atomic E-state index is 11.9. The number of amides is 1. The van der Waals surface area contributed by atoms with Crippen LogP contribution in [0.3, 0.4) is 0 Å². The Bertz CT molecular complexity index is 398. The summed E-state index contributed by atoms with van der Waals surface area (Å²) in [4.78, 5) is 20.0. The van der Waals surface area contributed by atoms with Crippen molar-refractivity contribution in [3.63, 3.8) is 0 Å². The summed E-state index contributed by atoms with van der Waals surface area (Å²) in [5, 5.41) is 6.28. The predicted octanol–water partition coefficient (Wildman–Crippen LogP) is 1.38. The highest BCUT2D eigenvalue weighted by atomic mass is 35.5. The maximum atomic E-state index is 11.9. The minimum Gasteiger partial charge on any atom is -0.317 e. The lowest BCUT2D eigenvalue weighted by Gasteiger charge is -2.21. The fraction of sp³-hybridized carbons (Fsp3) is 0.545. The number of carbonyl (C=O) groups is 1. The average molecular weight is 255 g/mol. The Labute approximate surface area is 105 Å². The summed E-state index contributed by atoms with van der Waals surface area (Å²) in [6.45, 7) is 3.58. The average Bonchev–Trinajstić information content (AvgIpc) is 2.28. The molecule has 1 saturated heterocycles. The highest BCUT2D eigenvalue weighted by Crippen LogP contribution is 2.15. The number of hydrogen-bond acceptors (Lipinski definition) is 4. The van der Waals surface area contributed by atoms with Gasteiger partial charge >= 0.3 is 0 Å². The van der Waals surface area contributed by atoms with Crippen LogP contribution in [0.2, 0.25) is 5.15 Å². The number of piperidine rings is 1. The fourth-order valence-electron chi connectivity index (χ4n) is 1.88. The lowest BCUT2D eigenvalue weighted by atomic mass is 9.97. The van der Waals surface area contributed by atoms with E-state index in [9.17, 15) is 4.79 Å². The van der Waals surface area contributed by atoms with Crippen molar-refractivity contribution in [2.24, 2.45) is 5.92 Å². The van der Waals surface area contributed by atoms with Crippen LogP contribution in [0.1, 0.15) is 18.5 Å². The van der Waals surface area contributed by atoms with Gasteiger partial charge in [-0.3, -0.25) is 10.1 Å². The van der Waals surface area contributed by atoms with E-state index in [-0.39, 0.29) is 11.8 Å². The molecular formula is C11H15ClN4O. The van der Waals surface area contributed by atoms with Gasteiger partial charge < -0.3 is 5.32 Å². The third-order valence-electron chi connectivity index (χ3n) is 2.77. The molecule has 1 aromatic heterocycles. The van der Waals surface area contributed by atoms with Gasteiger partial charge in [-0.25, -0.2) is 9.97 Å². The summed E-state index contributed by atoms with van der Waals surface area (Å²) < 4.78 is 0. The molecule has 0 atom stereocenters. The number of aryl methyl sites for hydroxylation is 1. The monoisotopic (exact) mass is 254 g/mol. The first-order valence-corrected chi connectivity index (χ1v) is 6.06. The lowest BCUT2D eigenvalue weighted by molar-refractivity contribution is -0.120. The largest absolute Gasteiger partial charge is 0.317 e. The Morgan fingerprint density at radius 2 is 2.18 bits per heavy atom. The fourth-order valence-corrected chi connectivity index (χ4v) is 2.12. The van der Waals surface area contributed by atoms with Crippen LogP contribution >= 0.6 is 11.6 Å². The molecule has 5 nitrogen and oxygen atoms in total. The van der Waals surface area contributed by atoms with E-state index >= 15 is 0 Å². The molecule has 1 aromatic rings. The van der Waals surface area contributed by atoms with Crippen molar-refractivity contribution in [3.8, 4) is 0 Å². The second kappa shape index (κ2) is 5.42. The molecule has 2 rings (SSSR count). The maximum Gasteiger partial charge on any atom is 0.231 e. The van der Waals surface area contributed by atoms with Gasteiger partial charge in [0.1, 0.15) is 5.15 Å². The van der Waals surface area contributed by atoms with Crippen LogP contribution < -0.4 is 10.6 Å². The zero-order valence-corrected chi connectivity index (χ0v) is 10.4. The van der Waals surface area contributed by atoms with E-state index in [0.29, 0.717) is 11.1 Å². The molecule has 0 aromatic carbocycles. The summed E-state index contributed by atoms with van der Waals surface area (Å²) in [7, 11) is 0. The Hall–Kier alpha value is -1.20. The van der Waals surface area contributed by atoms with Crippen molar-refractivity contribution in [1.29, 1.82) is 0 Å². The van der Waals surface area contributed by atoms with Crippen LogP contribution in [0.4, 0.5) is 5.95 Å². The molecule has 1 aliphatic rings. The van der Waals surface area contributed by atoms with Gasteiger partial charge in [-0.05, 0) is 38.9 Å². The topological polar surface area (TPSA) is 66.9 Å². The molecule has 6 heteroatoms. The first-order chi connectivity index (χ1) is 8.15. The van der Waals surface area contributed by atoms with Crippen LogP contribution in [-0.2, 0) is 4.79 Å². The van der Waals surface area contributed by atoms with Gasteiger partial charge in [0.05, 0.1) is 0 Å². The van der Waals surface area contributed by atoms with Crippen molar-refractivity contribution in [2.75, 3.05) is 18.4 Å². The first kappa shape index (κ1) is 12.3. The number of aromatic nitrogens is 2. The molecule has 0 bridgehead atoms. The van der Waals surface area contributed by atoms with Crippen molar-refractivity contribution in [2.45, 2.75) is 19.8 Å². The number of nitrogens with zero attached hydrogens (tertiary/aromatic N) is 2. The van der Waals surface area contributed by atoms with Gasteiger partial charge in [-0.2, -0.15) is 0 Å². The minimum atomic E-state index is -0.0202. The zero-order chi connectivity index (χ0) is 12.3. The molecule has 1 amide bonds. The standard InChI is InChI=1S/C11H15ClN4O/c1-7-6-9(12)15-11(14-7)16-10(17)8-2-4-13-5-3-8/h6,8,13H,2-5H2,1H3,(H,14,15,16,17). The van der Waals surface area contributed by atoms with Gasteiger partial charge in [0, 0.05) is 11.6 Å². The van der Waals surface area contributed by atoms with Gasteiger partial charge in [0.15, 0.2) is 0 Å². The Morgan fingerprint density at radius 1 is 1.47 bits per heavy atom. The van der Waals surface area contributed by atoms with E-state index in [2.05, 4.69) is 20.6 Å². The second-order valence-corrected chi connectivity index (χ2v) is 4.56. The molecule has 2 N–H and O–H groups in total. The molecule has 2 heterocycles. The zero-order valence-electron chi connectivity index (χ0n) is 9.66. The van der Waals surface area contributed by atoms with E-state index in [1.807, 2.05) is 6.92 Å². The second-order valence-electron chi connectivity index (χ2n) is 4.17. The van der Waals surface area contributed by atoms with Crippen molar-refractivity contribution in [1.82, 2.24) is 15.3 Å². The van der Waals surface area contributed by atoms with Crippen LogP contribution in [0.25, 0.3) is 0 Å². The van der Waals surface area contributed by atoms with Gasteiger partial charge in [-0.15, -0.1) is 0 Å². The Kier molecular flexibility index (Phi) is 3.91. The Balaban J connectivity index is 2.01. The highest BCUT2D eigenvalue weighted by Gasteiger charge is 2.21. The number of carbonyl (C=O) groups excluding carboxylic acids is 1. The molecule has 17 heavy (non-hydrogen) atoms. The number of nitrogens with one attached hydrogen (secondary N) is 2. The van der Waals surface area contributed by atoms with Crippen LogP contribution in [0, 0.1) is 12.8 Å². The molecule has 92 valence electrons. The minimum absolute atomic E-state index is 0.0202. The summed E-state index contributed by atoms with van der Waals surface area (Å²) in [6, 6.07) is 1.65. The van der Waals surface area contributed by atoms with Gasteiger partial charge in [-0.1, -0.05) is 11.6 Å². The summed E-state index contributed by atoms with van der Waals surface area (Å²) in [5.41, 5.74) is 0.741. The molecule has 0 radical (unpaired) electrons. The third kappa shape index (κ3) is 3.38. The third-order valence-corrected chi connectivity index (χ3v) is 2.96. The molecule has 0 unspecified atom stereocenters. The van der Waals surface area contributed by atoms with Gasteiger partial charge in [0.2, 0.25) is 11.9 Å².